The van der Waals surface area contributed by atoms with E-state index >= 15 is 0 Å². The molecule has 0 atom stereocenters. The molecular formula is C7H9Br. The minimum atomic E-state index is 1.01. The van der Waals surface area contributed by atoms with Crippen LogP contribution in [0.15, 0.2) is 35.4 Å². The van der Waals surface area contributed by atoms with Crippen molar-refractivity contribution in [2.75, 3.05) is 0 Å². The second kappa shape index (κ2) is 3.67. The lowest BCUT2D eigenvalue weighted by molar-refractivity contribution is 1.54. The quantitative estimate of drug-likeness (QED) is 0.563. The van der Waals surface area contributed by atoms with Gasteiger partial charge in [0.15, 0.2) is 0 Å². The number of rotatable bonds is 2. The van der Waals surface area contributed by atoms with Crippen LogP contribution in [0.3, 0.4) is 0 Å². The Kier molecular flexibility index (Phi) is 3.53. The second-order valence-electron chi connectivity index (χ2n) is 1.53. The lowest BCUT2D eigenvalue weighted by Crippen LogP contribution is -1.67. The molecule has 0 rings (SSSR count). The first-order valence-corrected chi connectivity index (χ1v) is 3.12. The summed E-state index contributed by atoms with van der Waals surface area (Å²) in [4.78, 5) is 0. The predicted octanol–water partition coefficient (Wildman–Crippen LogP) is 3.03. The summed E-state index contributed by atoms with van der Waals surface area (Å²) in [6, 6.07) is 0. The highest BCUT2D eigenvalue weighted by atomic mass is 79.9. The zero-order valence-corrected chi connectivity index (χ0v) is 6.53. The Morgan fingerprint density at radius 2 is 2.12 bits per heavy atom. The van der Waals surface area contributed by atoms with Gasteiger partial charge in [-0.1, -0.05) is 35.2 Å². The molecule has 0 fully saturated rings. The Bertz CT molecular complexity index is 131. The van der Waals surface area contributed by atoms with Crippen LogP contribution in [0.5, 0.6) is 0 Å². The topological polar surface area (TPSA) is 0 Å². The number of allylic oxidation sites excluding steroid dienone is 4. The Balaban J connectivity index is 3.99. The van der Waals surface area contributed by atoms with E-state index in [-0.39, 0.29) is 0 Å². The summed E-state index contributed by atoms with van der Waals surface area (Å²) >= 11 is 3.29. The molecule has 0 aliphatic carbocycles. The van der Waals surface area contributed by atoms with Crippen LogP contribution < -0.4 is 0 Å². The van der Waals surface area contributed by atoms with Crippen molar-refractivity contribution in [3.05, 3.63) is 35.4 Å². The molecule has 0 nitrogen and oxygen atoms in total. The van der Waals surface area contributed by atoms with Gasteiger partial charge in [-0.15, -0.1) is 0 Å². The van der Waals surface area contributed by atoms with Gasteiger partial charge in [0.2, 0.25) is 0 Å². The van der Waals surface area contributed by atoms with Crippen LogP contribution in [-0.4, -0.2) is 0 Å². The SMILES string of the molecule is C=CC=C(Br)C(=C)C. The summed E-state index contributed by atoms with van der Waals surface area (Å²) in [5.41, 5.74) is 1.02. The fraction of sp³-hybridized carbons (Fsp3) is 0.143. The van der Waals surface area contributed by atoms with E-state index in [0.29, 0.717) is 0 Å². The first kappa shape index (κ1) is 7.70. The summed E-state index contributed by atoms with van der Waals surface area (Å²) < 4.78 is 1.01. The highest BCUT2D eigenvalue weighted by molar-refractivity contribution is 9.12. The van der Waals surface area contributed by atoms with Crippen molar-refractivity contribution in [1.82, 2.24) is 0 Å². The molecule has 0 amide bonds. The van der Waals surface area contributed by atoms with Gasteiger partial charge in [-0.2, -0.15) is 0 Å². The van der Waals surface area contributed by atoms with E-state index in [1.807, 2.05) is 13.0 Å². The van der Waals surface area contributed by atoms with E-state index in [9.17, 15) is 0 Å². The maximum Gasteiger partial charge on any atom is 0.0198 e. The summed E-state index contributed by atoms with van der Waals surface area (Å²) in [5.74, 6) is 0. The monoisotopic (exact) mass is 172 g/mol. The third-order valence-electron chi connectivity index (χ3n) is 0.672. The zero-order chi connectivity index (χ0) is 6.57. The van der Waals surface area contributed by atoms with Gasteiger partial charge in [-0.05, 0) is 18.6 Å². The summed E-state index contributed by atoms with van der Waals surface area (Å²) in [6.07, 6.45) is 3.58. The molecule has 1 heteroatoms. The Labute approximate surface area is 58.7 Å². The van der Waals surface area contributed by atoms with Gasteiger partial charge in [0.05, 0.1) is 0 Å². The standard InChI is InChI=1S/C7H9Br/c1-4-5-7(8)6(2)3/h4-5H,1-2H2,3H3. The van der Waals surface area contributed by atoms with E-state index < -0.39 is 0 Å². The smallest absolute Gasteiger partial charge is 0.0198 e. The molecule has 0 heterocycles. The average Bonchev–Trinajstić information content (AvgIpc) is 1.67. The van der Waals surface area contributed by atoms with Crippen LogP contribution in [0.2, 0.25) is 0 Å². The second-order valence-corrected chi connectivity index (χ2v) is 2.38. The number of hydrogen-bond acceptors (Lipinski definition) is 0. The van der Waals surface area contributed by atoms with E-state index in [1.54, 1.807) is 6.08 Å². The number of hydrogen-bond donors (Lipinski definition) is 0. The zero-order valence-electron chi connectivity index (χ0n) is 4.95. The van der Waals surface area contributed by atoms with Crippen LogP contribution in [0.25, 0.3) is 0 Å². The van der Waals surface area contributed by atoms with E-state index in [2.05, 4.69) is 29.1 Å². The van der Waals surface area contributed by atoms with Crippen LogP contribution >= 0.6 is 15.9 Å². The highest BCUT2D eigenvalue weighted by Crippen LogP contribution is 2.13. The van der Waals surface area contributed by atoms with Crippen molar-refractivity contribution in [1.29, 1.82) is 0 Å². The first-order valence-electron chi connectivity index (χ1n) is 2.32. The Morgan fingerprint density at radius 3 is 2.25 bits per heavy atom. The third kappa shape index (κ3) is 2.80. The molecule has 0 unspecified atom stereocenters. The fourth-order valence-electron chi connectivity index (χ4n) is 0.246. The van der Waals surface area contributed by atoms with Gasteiger partial charge in [0.1, 0.15) is 0 Å². The molecule has 0 saturated heterocycles. The lowest BCUT2D eigenvalue weighted by Gasteiger charge is -1.90. The maximum absolute atomic E-state index is 3.71. The van der Waals surface area contributed by atoms with Crippen LogP contribution in [-0.2, 0) is 0 Å². The van der Waals surface area contributed by atoms with E-state index in [1.165, 1.54) is 0 Å². The van der Waals surface area contributed by atoms with Crippen molar-refractivity contribution >= 4 is 15.9 Å². The van der Waals surface area contributed by atoms with Crippen molar-refractivity contribution in [2.24, 2.45) is 0 Å². The van der Waals surface area contributed by atoms with E-state index in [0.717, 1.165) is 10.1 Å². The van der Waals surface area contributed by atoms with Crippen molar-refractivity contribution in [3.8, 4) is 0 Å². The Morgan fingerprint density at radius 1 is 1.62 bits per heavy atom. The summed E-state index contributed by atoms with van der Waals surface area (Å²) in [5, 5.41) is 0. The lowest BCUT2D eigenvalue weighted by atomic mass is 10.3. The van der Waals surface area contributed by atoms with E-state index in [4.69, 9.17) is 0 Å². The molecule has 0 spiro atoms. The molecule has 44 valence electrons. The molecule has 0 aromatic heterocycles. The molecule has 0 aromatic rings. The molecule has 0 saturated carbocycles. The number of halogens is 1. The third-order valence-corrected chi connectivity index (χ3v) is 1.61. The fourth-order valence-corrected chi connectivity index (χ4v) is 0.433. The summed E-state index contributed by atoms with van der Waals surface area (Å²) in [7, 11) is 0. The minimum absolute atomic E-state index is 1.01. The first-order chi connectivity index (χ1) is 3.68. The molecule has 0 bridgehead atoms. The normalized spacial score (nSPS) is 11.0. The molecule has 0 aliphatic heterocycles. The van der Waals surface area contributed by atoms with Gasteiger partial charge in [0, 0.05) is 4.48 Å². The van der Waals surface area contributed by atoms with Gasteiger partial charge >= 0.3 is 0 Å². The molecule has 0 radical (unpaired) electrons. The van der Waals surface area contributed by atoms with Crippen LogP contribution in [0, 0.1) is 0 Å². The largest absolute Gasteiger partial charge is 0.0990 e. The van der Waals surface area contributed by atoms with Gasteiger partial charge in [0.25, 0.3) is 0 Å². The van der Waals surface area contributed by atoms with Gasteiger partial charge < -0.3 is 0 Å². The Hall–Kier alpha value is -0.300. The molecule has 0 aromatic carbocycles. The molecular weight excluding hydrogens is 164 g/mol. The van der Waals surface area contributed by atoms with Crippen molar-refractivity contribution in [3.63, 3.8) is 0 Å². The van der Waals surface area contributed by atoms with Crippen molar-refractivity contribution < 1.29 is 0 Å². The highest BCUT2D eigenvalue weighted by Gasteiger charge is 1.85. The van der Waals surface area contributed by atoms with Crippen LogP contribution in [0.1, 0.15) is 6.92 Å². The van der Waals surface area contributed by atoms with Crippen LogP contribution in [0.4, 0.5) is 0 Å². The minimum Gasteiger partial charge on any atom is -0.0990 e. The average molecular weight is 173 g/mol. The summed E-state index contributed by atoms with van der Waals surface area (Å²) in [6.45, 7) is 9.18. The maximum atomic E-state index is 3.71. The molecule has 8 heavy (non-hydrogen) atoms. The van der Waals surface area contributed by atoms with Gasteiger partial charge in [-0.3, -0.25) is 0 Å². The molecule has 0 aliphatic rings. The van der Waals surface area contributed by atoms with Gasteiger partial charge in [-0.25, -0.2) is 0 Å². The van der Waals surface area contributed by atoms with Crippen molar-refractivity contribution in [2.45, 2.75) is 6.92 Å². The molecule has 0 N–H and O–H groups in total. The predicted molar refractivity (Wildman–Crippen MR) is 42.0 cm³/mol.